The highest BCUT2D eigenvalue weighted by Crippen LogP contribution is 2.25. The molecule has 112 valence electrons. The summed E-state index contributed by atoms with van der Waals surface area (Å²) in [6.45, 7) is 4.07. The van der Waals surface area contributed by atoms with Crippen LogP contribution in [0.25, 0.3) is 10.9 Å². The van der Waals surface area contributed by atoms with Gasteiger partial charge in [-0.05, 0) is 31.9 Å². The van der Waals surface area contributed by atoms with Crippen LogP contribution in [0, 0.1) is 0 Å². The van der Waals surface area contributed by atoms with Gasteiger partial charge in [0.25, 0.3) is 0 Å². The second-order valence-electron chi connectivity index (χ2n) is 5.39. The number of hydrogen-bond donors (Lipinski definition) is 3. The summed E-state index contributed by atoms with van der Waals surface area (Å²) < 4.78 is 0. The summed E-state index contributed by atoms with van der Waals surface area (Å²) >= 11 is 0. The quantitative estimate of drug-likeness (QED) is 0.761. The first-order valence-corrected chi connectivity index (χ1v) is 7.01. The maximum atomic E-state index is 11.4. The van der Waals surface area contributed by atoms with E-state index in [4.69, 9.17) is 0 Å². The lowest BCUT2D eigenvalue weighted by Crippen LogP contribution is -2.35. The average molecular weight is 288 g/mol. The van der Waals surface area contributed by atoms with Gasteiger partial charge in [0.05, 0.1) is 11.1 Å². The van der Waals surface area contributed by atoms with Crippen molar-refractivity contribution < 1.29 is 15.0 Å². The standard InChI is InChI=1S/C16H20N2O3/c1-3-16(2,8-9-19)18-14-10-12(15(20)21)11-6-4-5-7-13(11)17-14/h4-7,10,19H,3,8-9H2,1-2H3,(H,17,18)(H,20,21). The zero-order chi connectivity index (χ0) is 15.5. The van der Waals surface area contributed by atoms with Crippen molar-refractivity contribution in [2.24, 2.45) is 0 Å². The summed E-state index contributed by atoms with van der Waals surface area (Å²) in [4.78, 5) is 15.9. The van der Waals surface area contributed by atoms with Crippen molar-refractivity contribution in [2.75, 3.05) is 11.9 Å². The van der Waals surface area contributed by atoms with Crippen molar-refractivity contribution in [3.63, 3.8) is 0 Å². The number of carboxylic acid groups (broad SMARTS) is 1. The Hall–Kier alpha value is -2.14. The molecule has 0 saturated heterocycles. The first-order valence-electron chi connectivity index (χ1n) is 7.01. The molecule has 1 aromatic carbocycles. The predicted octanol–water partition coefficient (Wildman–Crippen LogP) is 2.90. The van der Waals surface area contributed by atoms with Crippen LogP contribution in [0.1, 0.15) is 37.0 Å². The number of rotatable bonds is 6. The molecular formula is C16H20N2O3. The van der Waals surface area contributed by atoms with Gasteiger partial charge in [-0.3, -0.25) is 0 Å². The van der Waals surface area contributed by atoms with E-state index in [2.05, 4.69) is 10.3 Å². The van der Waals surface area contributed by atoms with Gasteiger partial charge in [-0.2, -0.15) is 0 Å². The fourth-order valence-corrected chi connectivity index (χ4v) is 2.30. The van der Waals surface area contributed by atoms with Crippen molar-refractivity contribution in [2.45, 2.75) is 32.2 Å². The van der Waals surface area contributed by atoms with E-state index in [1.54, 1.807) is 24.3 Å². The minimum Gasteiger partial charge on any atom is -0.478 e. The zero-order valence-electron chi connectivity index (χ0n) is 12.3. The zero-order valence-corrected chi connectivity index (χ0v) is 12.3. The maximum absolute atomic E-state index is 11.4. The second-order valence-corrected chi connectivity index (χ2v) is 5.39. The fraction of sp³-hybridized carbons (Fsp3) is 0.375. The van der Waals surface area contributed by atoms with Crippen LogP contribution in [0.15, 0.2) is 30.3 Å². The Labute approximate surface area is 123 Å². The molecule has 2 rings (SSSR count). The molecule has 1 aromatic heterocycles. The number of nitrogens with one attached hydrogen (secondary N) is 1. The van der Waals surface area contributed by atoms with Crippen LogP contribution in [-0.4, -0.2) is 33.3 Å². The van der Waals surface area contributed by atoms with Crippen LogP contribution in [0.5, 0.6) is 0 Å². The van der Waals surface area contributed by atoms with Crippen LogP contribution in [0.2, 0.25) is 0 Å². The van der Waals surface area contributed by atoms with Gasteiger partial charge < -0.3 is 15.5 Å². The lowest BCUT2D eigenvalue weighted by Gasteiger charge is -2.29. The van der Waals surface area contributed by atoms with Crippen LogP contribution >= 0.6 is 0 Å². The van der Waals surface area contributed by atoms with E-state index in [1.807, 2.05) is 19.9 Å². The maximum Gasteiger partial charge on any atom is 0.336 e. The monoisotopic (exact) mass is 288 g/mol. The number of aromatic carboxylic acids is 1. The molecule has 21 heavy (non-hydrogen) atoms. The Balaban J connectivity index is 2.48. The van der Waals surface area contributed by atoms with E-state index in [0.29, 0.717) is 23.1 Å². The second kappa shape index (κ2) is 6.10. The van der Waals surface area contributed by atoms with E-state index < -0.39 is 5.97 Å². The molecule has 5 heteroatoms. The number of benzene rings is 1. The Bertz CT molecular complexity index is 657. The van der Waals surface area contributed by atoms with E-state index in [0.717, 1.165) is 6.42 Å². The highest BCUT2D eigenvalue weighted by atomic mass is 16.4. The molecular weight excluding hydrogens is 268 g/mol. The molecule has 0 aliphatic carbocycles. The van der Waals surface area contributed by atoms with E-state index in [-0.39, 0.29) is 17.7 Å². The molecule has 1 atom stereocenters. The lowest BCUT2D eigenvalue weighted by molar-refractivity contribution is 0.0699. The molecule has 0 spiro atoms. The number of aliphatic hydroxyl groups is 1. The molecule has 0 fully saturated rings. The van der Waals surface area contributed by atoms with Crippen molar-refractivity contribution >= 4 is 22.7 Å². The van der Waals surface area contributed by atoms with Gasteiger partial charge in [0.2, 0.25) is 0 Å². The van der Waals surface area contributed by atoms with Crippen molar-refractivity contribution in [1.29, 1.82) is 0 Å². The number of aromatic nitrogens is 1. The third kappa shape index (κ3) is 3.31. The first kappa shape index (κ1) is 15.3. The molecule has 1 heterocycles. The fourth-order valence-electron chi connectivity index (χ4n) is 2.30. The van der Waals surface area contributed by atoms with Gasteiger partial charge in [-0.15, -0.1) is 0 Å². The van der Waals surface area contributed by atoms with E-state index >= 15 is 0 Å². The smallest absolute Gasteiger partial charge is 0.336 e. The average Bonchev–Trinajstić information content (AvgIpc) is 2.46. The van der Waals surface area contributed by atoms with Crippen molar-refractivity contribution in [3.05, 3.63) is 35.9 Å². The number of hydrogen-bond acceptors (Lipinski definition) is 4. The van der Waals surface area contributed by atoms with Gasteiger partial charge >= 0.3 is 5.97 Å². The number of nitrogens with zero attached hydrogens (tertiary/aromatic N) is 1. The number of pyridine rings is 1. The summed E-state index contributed by atoms with van der Waals surface area (Å²) in [6.07, 6.45) is 1.37. The molecule has 1 unspecified atom stereocenters. The highest BCUT2D eigenvalue weighted by Gasteiger charge is 2.22. The number of anilines is 1. The Morgan fingerprint density at radius 2 is 2.10 bits per heavy atom. The highest BCUT2D eigenvalue weighted by molar-refractivity contribution is 6.03. The molecule has 0 saturated carbocycles. The molecule has 3 N–H and O–H groups in total. The van der Waals surface area contributed by atoms with E-state index in [1.165, 1.54) is 0 Å². The SMILES string of the molecule is CCC(C)(CCO)Nc1cc(C(=O)O)c2ccccc2n1. The summed E-state index contributed by atoms with van der Waals surface area (Å²) in [5.41, 5.74) is 0.549. The predicted molar refractivity (Wildman–Crippen MR) is 82.7 cm³/mol. The van der Waals surface area contributed by atoms with Crippen LogP contribution in [0.3, 0.4) is 0 Å². The van der Waals surface area contributed by atoms with Crippen LogP contribution < -0.4 is 5.32 Å². The summed E-state index contributed by atoms with van der Waals surface area (Å²) in [6, 6.07) is 8.73. The third-order valence-corrected chi connectivity index (χ3v) is 3.82. The van der Waals surface area contributed by atoms with Crippen molar-refractivity contribution in [1.82, 2.24) is 4.98 Å². The summed E-state index contributed by atoms with van der Waals surface area (Å²) in [5.74, 6) is -0.457. The Morgan fingerprint density at radius 1 is 1.38 bits per heavy atom. The lowest BCUT2D eigenvalue weighted by atomic mass is 9.95. The third-order valence-electron chi connectivity index (χ3n) is 3.82. The van der Waals surface area contributed by atoms with Gasteiger partial charge in [0.15, 0.2) is 0 Å². The topological polar surface area (TPSA) is 82.5 Å². The summed E-state index contributed by atoms with van der Waals surface area (Å²) in [7, 11) is 0. The van der Waals surface area contributed by atoms with Gasteiger partial charge in [0, 0.05) is 17.5 Å². The molecule has 5 nitrogen and oxygen atoms in total. The first-order chi connectivity index (χ1) is 9.99. The largest absolute Gasteiger partial charge is 0.478 e. The number of aliphatic hydroxyl groups excluding tert-OH is 1. The number of fused-ring (bicyclic) bond motifs is 1. The Kier molecular flexibility index (Phi) is 4.43. The number of para-hydroxylation sites is 1. The van der Waals surface area contributed by atoms with Gasteiger partial charge in [-0.25, -0.2) is 9.78 Å². The molecule has 0 aliphatic rings. The van der Waals surface area contributed by atoms with Crippen molar-refractivity contribution in [3.8, 4) is 0 Å². The molecule has 2 aromatic rings. The molecule has 0 aliphatic heterocycles. The number of carboxylic acids is 1. The van der Waals surface area contributed by atoms with Crippen LogP contribution in [-0.2, 0) is 0 Å². The minimum absolute atomic E-state index is 0.0662. The summed E-state index contributed by atoms with van der Waals surface area (Å²) in [5, 5.41) is 22.4. The van der Waals surface area contributed by atoms with Crippen LogP contribution in [0.4, 0.5) is 5.82 Å². The number of carbonyl (C=O) groups is 1. The Morgan fingerprint density at radius 3 is 2.71 bits per heavy atom. The van der Waals surface area contributed by atoms with Gasteiger partial charge in [-0.1, -0.05) is 25.1 Å². The molecule has 0 amide bonds. The van der Waals surface area contributed by atoms with Gasteiger partial charge in [0.1, 0.15) is 5.82 Å². The molecule has 0 radical (unpaired) electrons. The minimum atomic E-state index is -0.975. The normalized spacial score (nSPS) is 13.9. The molecule has 0 bridgehead atoms. The van der Waals surface area contributed by atoms with E-state index in [9.17, 15) is 15.0 Å².